The minimum Gasteiger partial charge on any atom is -0.340 e. The number of amides is 1. The summed E-state index contributed by atoms with van der Waals surface area (Å²) in [6, 6.07) is 2.51. The molecule has 1 heterocycles. The number of carbonyl (C=O) groups excluding carboxylic acids is 1. The van der Waals surface area contributed by atoms with Gasteiger partial charge in [0, 0.05) is 32.1 Å². The zero-order valence-electron chi connectivity index (χ0n) is 12.4. The third-order valence-corrected chi connectivity index (χ3v) is 5.47. The molecule has 0 spiro atoms. The van der Waals surface area contributed by atoms with Crippen LogP contribution in [-0.4, -0.2) is 49.7 Å². The largest absolute Gasteiger partial charge is 0.340 e. The summed E-state index contributed by atoms with van der Waals surface area (Å²) >= 11 is 0. The summed E-state index contributed by atoms with van der Waals surface area (Å²) in [4.78, 5) is 13.2. The van der Waals surface area contributed by atoms with Crippen LogP contribution in [0.5, 0.6) is 0 Å². The number of nitrogens with zero attached hydrogens (tertiary/aromatic N) is 2. The Morgan fingerprint density at radius 2 is 1.68 bits per heavy atom. The maximum atomic E-state index is 13.2. The van der Waals surface area contributed by atoms with Gasteiger partial charge in [-0.3, -0.25) is 4.79 Å². The third kappa shape index (κ3) is 3.27. The maximum Gasteiger partial charge on any atom is 0.243 e. The van der Waals surface area contributed by atoms with E-state index in [0.29, 0.717) is 19.2 Å². The molecule has 0 radical (unpaired) electrons. The Kier molecular flexibility index (Phi) is 4.81. The fraction of sp³-hybridized carbons (Fsp3) is 0.500. The smallest absolute Gasteiger partial charge is 0.243 e. The van der Waals surface area contributed by atoms with E-state index < -0.39 is 21.7 Å². The number of rotatable bonds is 3. The Morgan fingerprint density at radius 1 is 1.09 bits per heavy atom. The lowest BCUT2D eigenvalue weighted by molar-refractivity contribution is -0.135. The normalized spacial score (nSPS) is 17.0. The van der Waals surface area contributed by atoms with E-state index in [4.69, 9.17) is 0 Å². The molecule has 1 aromatic carbocycles. The van der Waals surface area contributed by atoms with E-state index in [1.54, 1.807) is 18.7 Å². The molecule has 0 N–H and O–H groups in total. The lowest BCUT2D eigenvalue weighted by atomic mass is 10.2. The Bertz CT molecular complexity index is 669. The van der Waals surface area contributed by atoms with Gasteiger partial charge in [-0.1, -0.05) is 13.8 Å². The zero-order chi connectivity index (χ0) is 16.5. The standard InChI is InChI=1S/C14H18F2N2O3S/c1-10(2)14(19)17-5-7-18(8-6-17)22(20,21)11-3-4-12(15)13(16)9-11/h3-4,9-10H,5-8H2,1-2H3. The van der Waals surface area contributed by atoms with Crippen LogP contribution in [0.1, 0.15) is 13.8 Å². The van der Waals surface area contributed by atoms with Gasteiger partial charge in [0.15, 0.2) is 11.6 Å². The molecule has 8 heteroatoms. The molecule has 5 nitrogen and oxygen atoms in total. The number of piperazine rings is 1. The number of benzene rings is 1. The molecule has 0 atom stereocenters. The Hall–Kier alpha value is -1.54. The van der Waals surface area contributed by atoms with E-state index in [1.807, 2.05) is 0 Å². The number of carbonyl (C=O) groups is 1. The average Bonchev–Trinajstić information content (AvgIpc) is 2.49. The molecule has 0 aliphatic carbocycles. The predicted molar refractivity (Wildman–Crippen MR) is 76.5 cm³/mol. The molecule has 0 saturated carbocycles. The van der Waals surface area contributed by atoms with E-state index in [0.717, 1.165) is 12.1 Å². The van der Waals surface area contributed by atoms with E-state index in [9.17, 15) is 22.0 Å². The second-order valence-electron chi connectivity index (χ2n) is 5.46. The molecule has 22 heavy (non-hydrogen) atoms. The third-order valence-electron chi connectivity index (χ3n) is 3.57. The quantitative estimate of drug-likeness (QED) is 0.842. The van der Waals surface area contributed by atoms with Crippen LogP contribution in [-0.2, 0) is 14.8 Å². The first kappa shape index (κ1) is 16.8. The van der Waals surface area contributed by atoms with Gasteiger partial charge in [0.2, 0.25) is 15.9 Å². The molecular weight excluding hydrogens is 314 g/mol. The van der Waals surface area contributed by atoms with Gasteiger partial charge in [0.1, 0.15) is 0 Å². The predicted octanol–water partition coefficient (Wildman–Crippen LogP) is 1.45. The van der Waals surface area contributed by atoms with Crippen LogP contribution in [0, 0.1) is 17.6 Å². The minimum absolute atomic E-state index is 0.0233. The fourth-order valence-electron chi connectivity index (χ4n) is 2.30. The number of sulfonamides is 1. The van der Waals surface area contributed by atoms with Crippen LogP contribution in [0.3, 0.4) is 0 Å². The SMILES string of the molecule is CC(C)C(=O)N1CCN(S(=O)(=O)c2ccc(F)c(F)c2)CC1. The van der Waals surface area contributed by atoms with Crippen molar-refractivity contribution in [3.63, 3.8) is 0 Å². The minimum atomic E-state index is -3.88. The van der Waals surface area contributed by atoms with Crippen molar-refractivity contribution in [1.82, 2.24) is 9.21 Å². The summed E-state index contributed by atoms with van der Waals surface area (Å²) in [5, 5.41) is 0. The molecule has 122 valence electrons. The van der Waals surface area contributed by atoms with E-state index in [2.05, 4.69) is 0 Å². The first-order chi connectivity index (χ1) is 10.2. The Labute approximate surface area is 128 Å². The van der Waals surface area contributed by atoms with Gasteiger partial charge in [-0.2, -0.15) is 4.31 Å². The van der Waals surface area contributed by atoms with E-state index in [1.165, 1.54) is 4.31 Å². The van der Waals surface area contributed by atoms with Crippen LogP contribution in [0.4, 0.5) is 8.78 Å². The van der Waals surface area contributed by atoms with Crippen molar-refractivity contribution in [2.75, 3.05) is 26.2 Å². The highest BCUT2D eigenvalue weighted by Gasteiger charge is 2.31. The molecule has 1 saturated heterocycles. The summed E-state index contributed by atoms with van der Waals surface area (Å²) < 4.78 is 52.1. The second kappa shape index (κ2) is 6.29. The van der Waals surface area contributed by atoms with Crippen LogP contribution in [0.25, 0.3) is 0 Å². The van der Waals surface area contributed by atoms with Crippen molar-refractivity contribution >= 4 is 15.9 Å². The summed E-state index contributed by atoms with van der Waals surface area (Å²) in [5.74, 6) is -2.46. The molecule has 1 aromatic rings. The summed E-state index contributed by atoms with van der Waals surface area (Å²) in [5.41, 5.74) is 0. The van der Waals surface area contributed by atoms with Crippen LogP contribution in [0.15, 0.2) is 23.1 Å². The van der Waals surface area contributed by atoms with Gasteiger partial charge in [-0.05, 0) is 18.2 Å². The van der Waals surface area contributed by atoms with Crippen LogP contribution in [0.2, 0.25) is 0 Å². The number of hydrogen-bond donors (Lipinski definition) is 0. The molecule has 1 fully saturated rings. The van der Waals surface area contributed by atoms with E-state index in [-0.39, 0.29) is 29.8 Å². The van der Waals surface area contributed by atoms with Crippen molar-refractivity contribution in [2.45, 2.75) is 18.7 Å². The molecule has 1 aliphatic rings. The lowest BCUT2D eigenvalue weighted by Crippen LogP contribution is -2.51. The zero-order valence-corrected chi connectivity index (χ0v) is 13.2. The van der Waals surface area contributed by atoms with Gasteiger partial charge in [-0.15, -0.1) is 0 Å². The van der Waals surface area contributed by atoms with Gasteiger partial charge in [0.05, 0.1) is 4.90 Å². The van der Waals surface area contributed by atoms with Crippen LogP contribution >= 0.6 is 0 Å². The second-order valence-corrected chi connectivity index (χ2v) is 7.40. The molecular formula is C14H18F2N2O3S. The van der Waals surface area contributed by atoms with Crippen molar-refractivity contribution in [2.24, 2.45) is 5.92 Å². The monoisotopic (exact) mass is 332 g/mol. The number of hydrogen-bond acceptors (Lipinski definition) is 3. The lowest BCUT2D eigenvalue weighted by Gasteiger charge is -2.34. The molecule has 0 unspecified atom stereocenters. The van der Waals surface area contributed by atoms with Crippen molar-refractivity contribution in [1.29, 1.82) is 0 Å². The van der Waals surface area contributed by atoms with E-state index >= 15 is 0 Å². The Balaban J connectivity index is 2.12. The number of halogens is 2. The molecule has 1 amide bonds. The highest BCUT2D eigenvalue weighted by Crippen LogP contribution is 2.20. The average molecular weight is 332 g/mol. The van der Waals surface area contributed by atoms with Crippen LogP contribution < -0.4 is 0 Å². The Morgan fingerprint density at radius 3 is 2.18 bits per heavy atom. The molecule has 2 rings (SSSR count). The maximum absolute atomic E-state index is 13.2. The first-order valence-corrected chi connectivity index (χ1v) is 8.41. The van der Waals surface area contributed by atoms with Crippen molar-refractivity contribution < 1.29 is 22.0 Å². The fourth-order valence-corrected chi connectivity index (χ4v) is 3.73. The van der Waals surface area contributed by atoms with Gasteiger partial charge < -0.3 is 4.90 Å². The molecule has 0 bridgehead atoms. The van der Waals surface area contributed by atoms with Gasteiger partial charge in [-0.25, -0.2) is 17.2 Å². The van der Waals surface area contributed by atoms with Crippen molar-refractivity contribution in [3.8, 4) is 0 Å². The van der Waals surface area contributed by atoms with Gasteiger partial charge in [0.25, 0.3) is 0 Å². The van der Waals surface area contributed by atoms with Crippen molar-refractivity contribution in [3.05, 3.63) is 29.8 Å². The highest BCUT2D eigenvalue weighted by atomic mass is 32.2. The first-order valence-electron chi connectivity index (χ1n) is 6.97. The topological polar surface area (TPSA) is 57.7 Å². The molecule has 0 aromatic heterocycles. The van der Waals surface area contributed by atoms with Gasteiger partial charge >= 0.3 is 0 Å². The molecule has 1 aliphatic heterocycles. The summed E-state index contributed by atoms with van der Waals surface area (Å²) in [6.07, 6.45) is 0. The summed E-state index contributed by atoms with van der Waals surface area (Å²) in [6.45, 7) is 4.43. The summed E-state index contributed by atoms with van der Waals surface area (Å²) in [7, 11) is -3.88. The highest BCUT2D eigenvalue weighted by molar-refractivity contribution is 7.89.